The molecule has 0 aliphatic rings. The van der Waals surface area contributed by atoms with Crippen molar-refractivity contribution in [2.45, 2.75) is 51.7 Å². The predicted molar refractivity (Wildman–Crippen MR) is 117 cm³/mol. The molecule has 2 aromatic heterocycles. The molecule has 8 nitrogen and oxygen atoms in total. The first-order valence-corrected chi connectivity index (χ1v) is 9.49. The highest BCUT2D eigenvalue weighted by atomic mass is 35.5. The summed E-state index contributed by atoms with van der Waals surface area (Å²) in [6, 6.07) is 10.3. The summed E-state index contributed by atoms with van der Waals surface area (Å²) in [5, 5.41) is 27.0. The maximum atomic E-state index is 9.43. The second kappa shape index (κ2) is 13.2. The lowest BCUT2D eigenvalue weighted by Crippen LogP contribution is -2.21. The van der Waals surface area contributed by atoms with Gasteiger partial charge in [-0.25, -0.2) is 4.98 Å². The largest absolute Gasteiger partial charge is 0.477 e. The summed E-state index contributed by atoms with van der Waals surface area (Å²) in [5.41, 5.74) is 9.33. The minimum absolute atomic E-state index is 0.0590. The molecule has 7 N–H and O–H groups in total. The van der Waals surface area contributed by atoms with E-state index in [0.29, 0.717) is 42.1 Å². The highest BCUT2D eigenvalue weighted by Gasteiger charge is 2.12. The van der Waals surface area contributed by atoms with E-state index in [1.807, 2.05) is 0 Å². The standard InChI is InChI=1S/C10H16N2O2.C5H5ClN2.C5H12O2/c1-10(2,13)6-7-14-9-5-3-4-8(11)12-9;6-4-2-1-3-5(7)8-4;1-5(2,7)3-4-6/h3-5,13H,6-7H2,1-2H3,(H2,11,12);1-3H,(H2,7,8);6-7H,3-4H2,1-2H3. The van der Waals surface area contributed by atoms with Crippen LogP contribution in [0.25, 0.3) is 0 Å². The molecule has 0 saturated carbocycles. The first-order chi connectivity index (χ1) is 13.3. The zero-order valence-corrected chi connectivity index (χ0v) is 18.2. The van der Waals surface area contributed by atoms with Gasteiger partial charge in [0.2, 0.25) is 5.88 Å². The van der Waals surface area contributed by atoms with Crippen molar-refractivity contribution >= 4 is 23.2 Å². The van der Waals surface area contributed by atoms with Crippen molar-refractivity contribution in [1.82, 2.24) is 9.97 Å². The van der Waals surface area contributed by atoms with Crippen LogP contribution >= 0.6 is 11.6 Å². The average Bonchev–Trinajstić information content (AvgIpc) is 2.53. The van der Waals surface area contributed by atoms with Crippen molar-refractivity contribution in [2.75, 3.05) is 24.7 Å². The fourth-order valence-electron chi connectivity index (χ4n) is 1.61. The third-order valence-corrected chi connectivity index (χ3v) is 3.38. The van der Waals surface area contributed by atoms with E-state index in [0.717, 1.165) is 0 Å². The zero-order chi connectivity index (χ0) is 22.5. The highest BCUT2D eigenvalue weighted by Crippen LogP contribution is 2.12. The van der Waals surface area contributed by atoms with E-state index < -0.39 is 11.2 Å². The molecule has 9 heteroatoms. The van der Waals surface area contributed by atoms with Gasteiger partial charge in [0.25, 0.3) is 0 Å². The van der Waals surface area contributed by atoms with Crippen LogP contribution in [0.2, 0.25) is 5.15 Å². The molecule has 2 heterocycles. The number of aliphatic hydroxyl groups excluding tert-OH is 1. The van der Waals surface area contributed by atoms with E-state index in [2.05, 4.69) is 9.97 Å². The van der Waals surface area contributed by atoms with Crippen molar-refractivity contribution in [1.29, 1.82) is 0 Å². The molecule has 0 saturated heterocycles. The molecule has 0 amide bonds. The van der Waals surface area contributed by atoms with Gasteiger partial charge in [-0.15, -0.1) is 0 Å². The highest BCUT2D eigenvalue weighted by molar-refractivity contribution is 6.29. The van der Waals surface area contributed by atoms with Gasteiger partial charge in [0.15, 0.2) is 0 Å². The van der Waals surface area contributed by atoms with Gasteiger partial charge in [0, 0.05) is 19.1 Å². The first kappa shape index (κ1) is 26.9. The molecule has 29 heavy (non-hydrogen) atoms. The monoisotopic (exact) mass is 428 g/mol. The van der Waals surface area contributed by atoms with Crippen LogP contribution in [0, 0.1) is 0 Å². The van der Waals surface area contributed by atoms with Gasteiger partial charge >= 0.3 is 0 Å². The zero-order valence-electron chi connectivity index (χ0n) is 17.5. The van der Waals surface area contributed by atoms with E-state index in [1.165, 1.54) is 0 Å². The number of halogens is 1. The van der Waals surface area contributed by atoms with Gasteiger partial charge < -0.3 is 31.5 Å². The summed E-state index contributed by atoms with van der Waals surface area (Å²) in [5.74, 6) is 1.39. The van der Waals surface area contributed by atoms with Gasteiger partial charge in [-0.1, -0.05) is 23.7 Å². The number of aromatic nitrogens is 2. The molecule has 0 spiro atoms. The predicted octanol–water partition coefficient (Wildman–Crippen LogP) is 2.66. The lowest BCUT2D eigenvalue weighted by Gasteiger charge is -2.16. The van der Waals surface area contributed by atoms with Crippen molar-refractivity contribution in [3.05, 3.63) is 41.6 Å². The van der Waals surface area contributed by atoms with Crippen LogP contribution in [0.15, 0.2) is 36.4 Å². The molecule has 0 aromatic carbocycles. The second-order valence-electron chi connectivity index (χ2n) is 7.48. The topological polar surface area (TPSA) is 148 Å². The second-order valence-corrected chi connectivity index (χ2v) is 7.87. The summed E-state index contributed by atoms with van der Waals surface area (Å²) < 4.78 is 5.31. The third kappa shape index (κ3) is 17.7. The fraction of sp³-hybridized carbons (Fsp3) is 0.500. The Balaban J connectivity index is 0.000000444. The van der Waals surface area contributed by atoms with Crippen LogP contribution in [0.5, 0.6) is 5.88 Å². The molecule has 2 aromatic rings. The molecule has 0 aliphatic carbocycles. The van der Waals surface area contributed by atoms with E-state index >= 15 is 0 Å². The van der Waals surface area contributed by atoms with Gasteiger partial charge in [-0.2, -0.15) is 4.98 Å². The number of aliphatic hydroxyl groups is 3. The number of hydrogen-bond acceptors (Lipinski definition) is 8. The molecule has 0 aliphatic heterocycles. The number of nitrogens with two attached hydrogens (primary N) is 2. The van der Waals surface area contributed by atoms with Crippen LogP contribution in [0.4, 0.5) is 11.6 Å². The SMILES string of the molecule is CC(C)(O)CCO.CC(C)(O)CCOc1cccc(N)n1.Nc1cccc(Cl)n1. The third-order valence-electron chi connectivity index (χ3n) is 3.17. The maximum absolute atomic E-state index is 9.43. The number of nitrogens with zero attached hydrogens (tertiary/aromatic N) is 2. The summed E-state index contributed by atoms with van der Waals surface area (Å²) in [6.07, 6.45) is 1.01. The van der Waals surface area contributed by atoms with E-state index in [9.17, 15) is 5.11 Å². The fourth-order valence-corrected chi connectivity index (χ4v) is 1.78. The van der Waals surface area contributed by atoms with Crippen LogP contribution in [0.3, 0.4) is 0 Å². The molecule has 0 radical (unpaired) electrons. The Hall–Kier alpha value is -2.13. The Morgan fingerprint density at radius 1 is 0.897 bits per heavy atom. The lowest BCUT2D eigenvalue weighted by molar-refractivity contribution is 0.0513. The first-order valence-electron chi connectivity index (χ1n) is 9.11. The maximum Gasteiger partial charge on any atom is 0.215 e. The summed E-state index contributed by atoms with van der Waals surface area (Å²) in [7, 11) is 0. The van der Waals surface area contributed by atoms with Gasteiger partial charge in [0.05, 0.1) is 17.8 Å². The molecule has 2 rings (SSSR count). The molecule has 0 unspecified atom stereocenters. The Kier molecular flexibility index (Phi) is 12.2. The van der Waals surface area contributed by atoms with Crippen molar-refractivity contribution in [3.63, 3.8) is 0 Å². The molecule has 0 fully saturated rings. The summed E-state index contributed by atoms with van der Waals surface area (Å²) >= 11 is 5.45. The number of nitrogen functional groups attached to an aromatic ring is 2. The van der Waals surface area contributed by atoms with Crippen LogP contribution < -0.4 is 16.2 Å². The number of ether oxygens (including phenoxy) is 1. The Morgan fingerprint density at radius 3 is 1.76 bits per heavy atom. The van der Waals surface area contributed by atoms with Crippen molar-refractivity contribution in [3.8, 4) is 5.88 Å². The van der Waals surface area contributed by atoms with Gasteiger partial charge in [-0.3, -0.25) is 0 Å². The smallest absolute Gasteiger partial charge is 0.215 e. The minimum atomic E-state index is -0.708. The van der Waals surface area contributed by atoms with Crippen molar-refractivity contribution < 1.29 is 20.1 Å². The molecule has 0 atom stereocenters. The molecule has 0 bridgehead atoms. The normalized spacial score (nSPS) is 10.9. The number of pyridine rings is 2. The lowest BCUT2D eigenvalue weighted by atomic mass is 10.1. The average molecular weight is 429 g/mol. The number of hydrogen-bond donors (Lipinski definition) is 5. The van der Waals surface area contributed by atoms with E-state index in [1.54, 1.807) is 64.1 Å². The van der Waals surface area contributed by atoms with Gasteiger partial charge in [-0.05, 0) is 52.3 Å². The Labute approximate surface area is 177 Å². The molecular formula is C20H33ClN4O4. The molecular weight excluding hydrogens is 396 g/mol. The van der Waals surface area contributed by atoms with Crippen LogP contribution in [-0.2, 0) is 0 Å². The van der Waals surface area contributed by atoms with Crippen LogP contribution in [0.1, 0.15) is 40.5 Å². The minimum Gasteiger partial charge on any atom is -0.477 e. The van der Waals surface area contributed by atoms with E-state index in [-0.39, 0.29) is 6.61 Å². The number of anilines is 2. The van der Waals surface area contributed by atoms with Crippen molar-refractivity contribution in [2.24, 2.45) is 0 Å². The number of rotatable bonds is 6. The Morgan fingerprint density at radius 2 is 1.41 bits per heavy atom. The van der Waals surface area contributed by atoms with E-state index in [4.69, 9.17) is 38.0 Å². The quantitative estimate of drug-likeness (QED) is 0.441. The van der Waals surface area contributed by atoms with Gasteiger partial charge in [0.1, 0.15) is 16.8 Å². The summed E-state index contributed by atoms with van der Waals surface area (Å²) in [6.45, 7) is 7.31. The Bertz CT molecular complexity index is 686. The molecule has 164 valence electrons. The summed E-state index contributed by atoms with van der Waals surface area (Å²) in [4.78, 5) is 7.68. The van der Waals surface area contributed by atoms with Crippen LogP contribution in [-0.4, -0.2) is 49.7 Å².